The van der Waals surface area contributed by atoms with Gasteiger partial charge in [-0.05, 0) is 80.8 Å². The Kier molecular flexibility index (Phi) is 5.70. The standard InChI is InChI=1S/C24H34N2/c1-7-9-21-15-22(18(4)14-17(21)3)19(5)26(6)24-16(2)12-13-25-23(24)20-10-8-11-20/h12-15,19-20H,7-11H2,1-6H3. The Balaban J connectivity index is 1.98. The van der Waals surface area contributed by atoms with Crippen LogP contribution in [0.1, 0.15) is 85.0 Å². The van der Waals surface area contributed by atoms with Gasteiger partial charge in [-0.3, -0.25) is 4.98 Å². The molecule has 1 fully saturated rings. The lowest BCUT2D eigenvalue weighted by Crippen LogP contribution is -2.26. The maximum atomic E-state index is 4.80. The molecule has 1 aromatic heterocycles. The Bertz CT molecular complexity index is 774. The number of hydrogen-bond donors (Lipinski definition) is 0. The van der Waals surface area contributed by atoms with Crippen LogP contribution in [0.25, 0.3) is 0 Å². The van der Waals surface area contributed by atoms with Gasteiger partial charge in [0, 0.05) is 19.2 Å². The minimum Gasteiger partial charge on any atom is -0.366 e. The maximum Gasteiger partial charge on any atom is 0.0670 e. The maximum absolute atomic E-state index is 4.80. The third kappa shape index (κ3) is 3.51. The highest BCUT2D eigenvalue weighted by atomic mass is 15.1. The molecule has 2 aromatic rings. The highest BCUT2D eigenvalue weighted by molar-refractivity contribution is 5.59. The number of rotatable bonds is 6. The zero-order valence-corrected chi connectivity index (χ0v) is 17.4. The lowest BCUT2D eigenvalue weighted by atomic mass is 9.81. The molecule has 0 amide bonds. The van der Waals surface area contributed by atoms with Crippen LogP contribution in [0.15, 0.2) is 24.4 Å². The molecule has 2 nitrogen and oxygen atoms in total. The molecule has 1 aliphatic carbocycles. The van der Waals surface area contributed by atoms with Gasteiger partial charge < -0.3 is 4.90 Å². The van der Waals surface area contributed by atoms with E-state index >= 15 is 0 Å². The van der Waals surface area contributed by atoms with Gasteiger partial charge in [-0.15, -0.1) is 0 Å². The molecular formula is C24H34N2. The minimum atomic E-state index is 0.341. The number of aromatic nitrogens is 1. The molecular weight excluding hydrogens is 316 g/mol. The zero-order valence-electron chi connectivity index (χ0n) is 17.4. The molecule has 0 aliphatic heterocycles. The quantitative estimate of drug-likeness (QED) is 0.597. The number of nitrogens with zero attached hydrogens (tertiary/aromatic N) is 2. The van der Waals surface area contributed by atoms with Crippen molar-refractivity contribution in [3.8, 4) is 0 Å². The van der Waals surface area contributed by atoms with E-state index < -0.39 is 0 Å². The molecule has 1 aliphatic rings. The summed E-state index contributed by atoms with van der Waals surface area (Å²) in [6.07, 6.45) is 8.26. The van der Waals surface area contributed by atoms with Crippen LogP contribution in [0.3, 0.4) is 0 Å². The van der Waals surface area contributed by atoms with Crippen molar-refractivity contribution in [2.24, 2.45) is 0 Å². The molecule has 140 valence electrons. The van der Waals surface area contributed by atoms with Gasteiger partial charge in [-0.2, -0.15) is 0 Å². The summed E-state index contributed by atoms with van der Waals surface area (Å²) in [4.78, 5) is 7.26. The summed E-state index contributed by atoms with van der Waals surface area (Å²) in [5, 5.41) is 0. The van der Waals surface area contributed by atoms with E-state index in [0.717, 1.165) is 6.42 Å². The Morgan fingerprint density at radius 3 is 2.46 bits per heavy atom. The summed E-state index contributed by atoms with van der Waals surface area (Å²) in [5.41, 5.74) is 9.77. The zero-order chi connectivity index (χ0) is 18.8. The molecule has 0 N–H and O–H groups in total. The summed E-state index contributed by atoms with van der Waals surface area (Å²) in [7, 11) is 2.25. The molecule has 1 aromatic carbocycles. The van der Waals surface area contributed by atoms with E-state index in [1.165, 1.54) is 64.9 Å². The van der Waals surface area contributed by atoms with E-state index in [2.05, 4.69) is 64.8 Å². The first-order valence-electron chi connectivity index (χ1n) is 10.2. The number of aryl methyl sites for hydroxylation is 4. The molecule has 2 heteroatoms. The molecule has 26 heavy (non-hydrogen) atoms. The van der Waals surface area contributed by atoms with Gasteiger partial charge in [-0.25, -0.2) is 0 Å². The molecule has 1 heterocycles. The summed E-state index contributed by atoms with van der Waals surface area (Å²) in [6, 6.07) is 7.32. The second-order valence-corrected chi connectivity index (χ2v) is 8.16. The molecule has 0 bridgehead atoms. The second kappa shape index (κ2) is 7.82. The Morgan fingerprint density at radius 2 is 1.85 bits per heavy atom. The molecule has 3 rings (SSSR count). The lowest BCUT2D eigenvalue weighted by molar-refractivity contribution is 0.410. The van der Waals surface area contributed by atoms with E-state index in [1.54, 1.807) is 0 Å². The molecule has 0 saturated heterocycles. The van der Waals surface area contributed by atoms with Gasteiger partial charge in [0.15, 0.2) is 0 Å². The predicted molar refractivity (Wildman–Crippen MR) is 112 cm³/mol. The summed E-state index contributed by atoms with van der Waals surface area (Å²) < 4.78 is 0. The van der Waals surface area contributed by atoms with Crippen LogP contribution >= 0.6 is 0 Å². The van der Waals surface area contributed by atoms with Crippen molar-refractivity contribution in [2.45, 2.75) is 78.7 Å². The smallest absolute Gasteiger partial charge is 0.0670 e. The fourth-order valence-electron chi connectivity index (χ4n) is 4.32. The normalized spacial score (nSPS) is 15.6. The van der Waals surface area contributed by atoms with Gasteiger partial charge >= 0.3 is 0 Å². The average molecular weight is 351 g/mol. The summed E-state index contributed by atoms with van der Waals surface area (Å²) in [5.74, 6) is 0.648. The molecule has 0 spiro atoms. The van der Waals surface area contributed by atoms with Gasteiger partial charge in [0.25, 0.3) is 0 Å². The van der Waals surface area contributed by atoms with E-state index in [0.29, 0.717) is 12.0 Å². The molecule has 1 saturated carbocycles. The van der Waals surface area contributed by atoms with Crippen LogP contribution < -0.4 is 4.90 Å². The largest absolute Gasteiger partial charge is 0.366 e. The van der Waals surface area contributed by atoms with Crippen LogP contribution in [-0.4, -0.2) is 12.0 Å². The fourth-order valence-corrected chi connectivity index (χ4v) is 4.32. The second-order valence-electron chi connectivity index (χ2n) is 8.16. The Labute approximate surface area is 159 Å². The van der Waals surface area contributed by atoms with Crippen LogP contribution in [0.2, 0.25) is 0 Å². The average Bonchev–Trinajstić information content (AvgIpc) is 2.55. The molecule has 0 radical (unpaired) electrons. The van der Waals surface area contributed by atoms with Crippen molar-refractivity contribution in [1.82, 2.24) is 4.98 Å². The van der Waals surface area contributed by atoms with Crippen molar-refractivity contribution < 1.29 is 0 Å². The molecule has 1 unspecified atom stereocenters. The van der Waals surface area contributed by atoms with Crippen LogP contribution in [0.4, 0.5) is 5.69 Å². The SMILES string of the molecule is CCCc1cc(C(C)N(C)c2c(C)ccnc2C2CCC2)c(C)cc1C. The Hall–Kier alpha value is -1.83. The Morgan fingerprint density at radius 1 is 1.12 bits per heavy atom. The number of pyridine rings is 1. The first-order valence-corrected chi connectivity index (χ1v) is 10.2. The van der Waals surface area contributed by atoms with E-state index in [4.69, 9.17) is 4.98 Å². The molecule has 1 atom stereocenters. The van der Waals surface area contributed by atoms with Gasteiger partial charge in [0.1, 0.15) is 0 Å². The van der Waals surface area contributed by atoms with Crippen LogP contribution in [0, 0.1) is 20.8 Å². The van der Waals surface area contributed by atoms with E-state index in [1.807, 2.05) is 6.20 Å². The number of benzene rings is 1. The van der Waals surface area contributed by atoms with Gasteiger partial charge in [0.2, 0.25) is 0 Å². The van der Waals surface area contributed by atoms with Crippen molar-refractivity contribution in [2.75, 3.05) is 11.9 Å². The summed E-state index contributed by atoms with van der Waals surface area (Å²) in [6.45, 7) is 11.3. The third-order valence-corrected chi connectivity index (χ3v) is 6.27. The minimum absolute atomic E-state index is 0.341. The summed E-state index contributed by atoms with van der Waals surface area (Å²) >= 11 is 0. The van der Waals surface area contributed by atoms with Crippen LogP contribution in [0.5, 0.6) is 0 Å². The fraction of sp³-hybridized carbons (Fsp3) is 0.542. The van der Waals surface area contributed by atoms with Crippen LogP contribution in [-0.2, 0) is 6.42 Å². The first kappa shape index (κ1) is 18.9. The highest BCUT2D eigenvalue weighted by Gasteiger charge is 2.27. The third-order valence-electron chi connectivity index (χ3n) is 6.27. The predicted octanol–water partition coefficient (Wildman–Crippen LogP) is 6.42. The first-order chi connectivity index (χ1) is 12.4. The topological polar surface area (TPSA) is 16.1 Å². The van der Waals surface area contributed by atoms with Gasteiger partial charge in [-0.1, -0.05) is 31.9 Å². The number of anilines is 1. The monoisotopic (exact) mass is 350 g/mol. The van der Waals surface area contributed by atoms with Gasteiger partial charge in [0.05, 0.1) is 17.4 Å². The van der Waals surface area contributed by atoms with Crippen molar-refractivity contribution in [3.05, 3.63) is 57.9 Å². The van der Waals surface area contributed by atoms with E-state index in [9.17, 15) is 0 Å². The van der Waals surface area contributed by atoms with Crippen molar-refractivity contribution in [3.63, 3.8) is 0 Å². The van der Waals surface area contributed by atoms with Crippen molar-refractivity contribution in [1.29, 1.82) is 0 Å². The van der Waals surface area contributed by atoms with E-state index in [-0.39, 0.29) is 0 Å². The lowest BCUT2D eigenvalue weighted by Gasteiger charge is -2.35. The number of hydrogen-bond acceptors (Lipinski definition) is 2. The van der Waals surface area contributed by atoms with Crippen molar-refractivity contribution >= 4 is 5.69 Å². The highest BCUT2D eigenvalue weighted by Crippen LogP contribution is 2.42.